The second-order valence-electron chi connectivity index (χ2n) is 5.98. The molecule has 0 bridgehead atoms. The van der Waals surface area contributed by atoms with Crippen molar-refractivity contribution in [2.75, 3.05) is 26.5 Å². The van der Waals surface area contributed by atoms with E-state index < -0.39 is 16.1 Å². The van der Waals surface area contributed by atoms with Crippen molar-refractivity contribution in [2.45, 2.75) is 22.9 Å². The van der Waals surface area contributed by atoms with E-state index in [1.165, 1.54) is 45.0 Å². The zero-order valence-corrected chi connectivity index (χ0v) is 17.0. The van der Waals surface area contributed by atoms with Crippen molar-refractivity contribution >= 4 is 27.6 Å². The number of rotatable bonds is 9. The molecule has 0 saturated carbocycles. The molecular formula is C18H22N2O5S2. The van der Waals surface area contributed by atoms with Crippen molar-refractivity contribution in [1.29, 1.82) is 0 Å². The Hall–Kier alpha value is -1.94. The Kier molecular flexibility index (Phi) is 7.37. The first-order valence-electron chi connectivity index (χ1n) is 8.13. The van der Waals surface area contributed by atoms with Crippen LogP contribution < -0.4 is 4.74 Å². The van der Waals surface area contributed by atoms with Gasteiger partial charge in [-0.3, -0.25) is 4.79 Å². The van der Waals surface area contributed by atoms with Crippen LogP contribution in [0.1, 0.15) is 17.3 Å². The van der Waals surface area contributed by atoms with Crippen molar-refractivity contribution in [3.63, 3.8) is 0 Å². The van der Waals surface area contributed by atoms with Gasteiger partial charge < -0.3 is 9.84 Å². The molecule has 0 aliphatic carbocycles. The maximum atomic E-state index is 12.0. The van der Waals surface area contributed by atoms with E-state index >= 15 is 0 Å². The van der Waals surface area contributed by atoms with Gasteiger partial charge in [-0.2, -0.15) is 0 Å². The third kappa shape index (κ3) is 6.03. The zero-order valence-electron chi connectivity index (χ0n) is 15.3. The van der Waals surface area contributed by atoms with E-state index in [1.807, 2.05) is 0 Å². The average Bonchev–Trinajstić information content (AvgIpc) is 2.65. The number of pyridine rings is 1. The minimum Gasteiger partial charge on any atom is -0.491 e. The second kappa shape index (κ2) is 9.32. The largest absolute Gasteiger partial charge is 0.491 e. The van der Waals surface area contributed by atoms with Crippen LogP contribution in [-0.4, -0.2) is 61.2 Å². The topological polar surface area (TPSA) is 96.8 Å². The SMILES string of the molecule is CC(=O)c1ccc(OC[C@@H](O)CSc2ccc(S(=O)(=O)N(C)C)cn2)cc1. The summed E-state index contributed by atoms with van der Waals surface area (Å²) in [4.78, 5) is 15.5. The Balaban J connectivity index is 1.83. The number of sulfonamides is 1. The maximum Gasteiger partial charge on any atom is 0.244 e. The van der Waals surface area contributed by atoms with E-state index in [0.29, 0.717) is 22.1 Å². The molecule has 1 aromatic carbocycles. The van der Waals surface area contributed by atoms with Gasteiger partial charge in [-0.15, -0.1) is 11.8 Å². The summed E-state index contributed by atoms with van der Waals surface area (Å²) in [6.07, 6.45) is 0.575. The van der Waals surface area contributed by atoms with Gasteiger partial charge in [0.15, 0.2) is 5.78 Å². The summed E-state index contributed by atoms with van der Waals surface area (Å²) >= 11 is 1.30. The Labute approximate surface area is 163 Å². The zero-order chi connectivity index (χ0) is 20.0. The number of Topliss-reactive ketones (excluding diaryl/α,β-unsaturated/α-hetero) is 1. The van der Waals surface area contributed by atoms with Gasteiger partial charge in [0.2, 0.25) is 10.0 Å². The molecule has 1 heterocycles. The van der Waals surface area contributed by atoms with Crippen molar-refractivity contribution in [3.05, 3.63) is 48.2 Å². The molecule has 0 aliphatic heterocycles. The molecule has 0 aliphatic rings. The fourth-order valence-corrected chi connectivity index (χ4v) is 3.62. The van der Waals surface area contributed by atoms with E-state index in [-0.39, 0.29) is 17.3 Å². The first-order valence-corrected chi connectivity index (χ1v) is 10.6. The van der Waals surface area contributed by atoms with Crippen LogP contribution in [-0.2, 0) is 10.0 Å². The number of aromatic nitrogens is 1. The van der Waals surface area contributed by atoms with Crippen LogP contribution in [0.5, 0.6) is 5.75 Å². The van der Waals surface area contributed by atoms with Gasteiger partial charge in [0.1, 0.15) is 17.3 Å². The van der Waals surface area contributed by atoms with Crippen LogP contribution in [0, 0.1) is 0 Å². The molecule has 0 saturated heterocycles. The average molecular weight is 411 g/mol. The smallest absolute Gasteiger partial charge is 0.244 e. The van der Waals surface area contributed by atoms with Crippen LogP contribution in [0.4, 0.5) is 0 Å². The fourth-order valence-electron chi connectivity index (χ4n) is 2.02. The summed E-state index contributed by atoms with van der Waals surface area (Å²) in [5.74, 6) is 0.897. The summed E-state index contributed by atoms with van der Waals surface area (Å²) in [7, 11) is -0.581. The normalized spacial score (nSPS) is 12.8. The van der Waals surface area contributed by atoms with Crippen LogP contribution in [0.2, 0.25) is 0 Å². The van der Waals surface area contributed by atoms with Gasteiger partial charge in [0, 0.05) is 31.6 Å². The van der Waals surface area contributed by atoms with Gasteiger partial charge in [-0.25, -0.2) is 17.7 Å². The third-order valence-electron chi connectivity index (χ3n) is 3.61. The number of benzene rings is 1. The van der Waals surface area contributed by atoms with Gasteiger partial charge >= 0.3 is 0 Å². The molecule has 0 radical (unpaired) electrons. The molecule has 0 fully saturated rings. The van der Waals surface area contributed by atoms with Crippen molar-refractivity contribution in [1.82, 2.24) is 9.29 Å². The number of nitrogens with zero attached hydrogens (tertiary/aromatic N) is 2. The molecule has 1 N–H and O–H groups in total. The molecule has 2 rings (SSSR count). The standard InChI is InChI=1S/C18H22N2O5S2/c1-13(21)14-4-6-16(7-5-14)25-11-15(22)12-26-18-9-8-17(10-19-18)27(23,24)20(2)3/h4-10,15,22H,11-12H2,1-3H3/t15-/m1/s1. The highest BCUT2D eigenvalue weighted by Gasteiger charge is 2.17. The van der Waals surface area contributed by atoms with E-state index in [1.54, 1.807) is 30.3 Å². The van der Waals surface area contributed by atoms with Crippen LogP contribution in [0.3, 0.4) is 0 Å². The molecule has 9 heteroatoms. The number of ether oxygens (including phenoxy) is 1. The fraction of sp³-hybridized carbons (Fsp3) is 0.333. The van der Waals surface area contributed by atoms with E-state index in [4.69, 9.17) is 4.74 Å². The Morgan fingerprint density at radius 1 is 1.22 bits per heavy atom. The van der Waals surface area contributed by atoms with Crippen molar-refractivity contribution < 1.29 is 23.1 Å². The second-order valence-corrected chi connectivity index (χ2v) is 9.17. The highest BCUT2D eigenvalue weighted by Crippen LogP contribution is 2.20. The third-order valence-corrected chi connectivity index (χ3v) is 6.50. The minimum atomic E-state index is -3.50. The van der Waals surface area contributed by atoms with E-state index in [9.17, 15) is 18.3 Å². The van der Waals surface area contributed by atoms with E-state index in [2.05, 4.69) is 4.98 Å². The molecular weight excluding hydrogens is 388 g/mol. The number of hydrogen-bond donors (Lipinski definition) is 1. The first-order chi connectivity index (χ1) is 12.7. The Morgan fingerprint density at radius 3 is 2.41 bits per heavy atom. The van der Waals surface area contributed by atoms with E-state index in [0.717, 1.165) is 4.31 Å². The lowest BCUT2D eigenvalue weighted by atomic mass is 10.1. The van der Waals surface area contributed by atoms with Crippen LogP contribution >= 0.6 is 11.8 Å². The molecule has 0 spiro atoms. The predicted molar refractivity (Wildman–Crippen MR) is 104 cm³/mol. The molecule has 0 unspecified atom stereocenters. The number of thioether (sulfide) groups is 1. The first kappa shape index (κ1) is 21.4. The molecule has 1 aromatic heterocycles. The number of ketones is 1. The Morgan fingerprint density at radius 2 is 1.89 bits per heavy atom. The number of aliphatic hydroxyl groups excluding tert-OH is 1. The number of aliphatic hydroxyl groups is 1. The van der Waals surface area contributed by atoms with Crippen molar-refractivity contribution in [2.24, 2.45) is 0 Å². The number of carbonyl (C=O) groups excluding carboxylic acids is 1. The highest BCUT2D eigenvalue weighted by atomic mass is 32.2. The van der Waals surface area contributed by atoms with Crippen molar-refractivity contribution in [3.8, 4) is 5.75 Å². The van der Waals surface area contributed by atoms with Crippen LogP contribution in [0.15, 0.2) is 52.5 Å². The summed E-state index contributed by atoms with van der Waals surface area (Å²) in [5, 5.41) is 10.6. The summed E-state index contributed by atoms with van der Waals surface area (Å²) in [5.41, 5.74) is 0.601. The number of carbonyl (C=O) groups is 1. The quantitative estimate of drug-likeness (QED) is 0.499. The highest BCUT2D eigenvalue weighted by molar-refractivity contribution is 7.99. The monoisotopic (exact) mass is 410 g/mol. The molecule has 0 amide bonds. The molecule has 2 aromatic rings. The van der Waals surface area contributed by atoms with Gasteiger partial charge in [-0.1, -0.05) is 0 Å². The molecule has 146 valence electrons. The molecule has 7 nitrogen and oxygen atoms in total. The summed E-state index contributed by atoms with van der Waals surface area (Å²) < 4.78 is 30.6. The lowest BCUT2D eigenvalue weighted by molar-refractivity contribution is 0.101. The lowest BCUT2D eigenvalue weighted by Crippen LogP contribution is -2.22. The summed E-state index contributed by atoms with van der Waals surface area (Å²) in [6.45, 7) is 1.59. The predicted octanol–water partition coefficient (Wildman–Crippen LogP) is 2.07. The lowest BCUT2D eigenvalue weighted by Gasteiger charge is -2.13. The maximum absolute atomic E-state index is 12.0. The summed E-state index contributed by atoms with van der Waals surface area (Å²) in [6, 6.07) is 9.81. The van der Waals surface area contributed by atoms with Gasteiger partial charge in [0.25, 0.3) is 0 Å². The van der Waals surface area contributed by atoms with Crippen LogP contribution in [0.25, 0.3) is 0 Å². The van der Waals surface area contributed by atoms with Gasteiger partial charge in [-0.05, 0) is 43.3 Å². The minimum absolute atomic E-state index is 0.0186. The number of hydrogen-bond acceptors (Lipinski definition) is 7. The molecule has 1 atom stereocenters. The molecule has 27 heavy (non-hydrogen) atoms. The van der Waals surface area contributed by atoms with Gasteiger partial charge in [0.05, 0.1) is 11.1 Å². The Bertz CT molecular complexity index is 866.